The molecule has 0 aliphatic carbocycles. The average Bonchev–Trinajstić information content (AvgIpc) is 3.00. The van der Waals surface area contributed by atoms with Gasteiger partial charge in [0, 0.05) is 37.1 Å². The predicted octanol–water partition coefficient (Wildman–Crippen LogP) is 2.40. The van der Waals surface area contributed by atoms with Crippen LogP contribution in [0, 0.1) is 0 Å². The maximum atomic E-state index is 5.89. The van der Waals surface area contributed by atoms with Crippen molar-refractivity contribution in [2.75, 3.05) is 31.1 Å². The van der Waals surface area contributed by atoms with Crippen molar-refractivity contribution < 1.29 is 0 Å². The van der Waals surface area contributed by atoms with Gasteiger partial charge in [0.05, 0.1) is 5.69 Å². The van der Waals surface area contributed by atoms with Crippen LogP contribution in [0.4, 0.5) is 5.13 Å². The lowest BCUT2D eigenvalue weighted by atomic mass is 10.1. The molecule has 0 radical (unpaired) electrons. The van der Waals surface area contributed by atoms with E-state index in [1.807, 2.05) is 11.3 Å². The van der Waals surface area contributed by atoms with Crippen LogP contribution in [0.2, 0.25) is 0 Å². The second kappa shape index (κ2) is 6.00. The molecule has 1 atom stereocenters. The monoisotopic (exact) mass is 294 g/mol. The molecule has 4 nitrogen and oxygen atoms in total. The van der Waals surface area contributed by atoms with Gasteiger partial charge in [-0.15, -0.1) is 11.3 Å². The van der Waals surface area contributed by atoms with Gasteiger partial charge in [-0.1, -0.05) is 13.8 Å². The quantitative estimate of drug-likeness (QED) is 0.930. The van der Waals surface area contributed by atoms with E-state index in [0.29, 0.717) is 12.5 Å². The van der Waals surface area contributed by atoms with Crippen molar-refractivity contribution in [1.29, 1.82) is 0 Å². The van der Waals surface area contributed by atoms with Crippen molar-refractivity contribution >= 4 is 16.5 Å². The lowest BCUT2D eigenvalue weighted by Crippen LogP contribution is -2.36. The third-order valence-corrected chi connectivity index (χ3v) is 5.68. The Morgan fingerprint density at radius 1 is 1.30 bits per heavy atom. The summed E-state index contributed by atoms with van der Waals surface area (Å²) in [5.41, 5.74) is 7.10. The van der Waals surface area contributed by atoms with Crippen LogP contribution in [0.15, 0.2) is 0 Å². The van der Waals surface area contributed by atoms with E-state index >= 15 is 0 Å². The standard InChI is InChI=1S/C15H26N4S/c1-11(2)14-13(9-16)20-15(17-14)19-8-4-7-18-6-3-5-12(18)10-19/h11-12H,3-10,16H2,1-2H3. The molecular formula is C15H26N4S. The second-order valence-corrected chi connectivity index (χ2v) is 7.36. The maximum Gasteiger partial charge on any atom is 0.185 e. The highest BCUT2D eigenvalue weighted by atomic mass is 32.1. The number of nitrogens with two attached hydrogens (primary N) is 1. The minimum absolute atomic E-state index is 0.466. The molecule has 1 unspecified atom stereocenters. The number of rotatable bonds is 3. The topological polar surface area (TPSA) is 45.4 Å². The molecule has 0 bridgehead atoms. The van der Waals surface area contributed by atoms with Gasteiger partial charge in [0.2, 0.25) is 0 Å². The van der Waals surface area contributed by atoms with Gasteiger partial charge in [-0.3, -0.25) is 4.90 Å². The maximum absolute atomic E-state index is 5.89. The van der Waals surface area contributed by atoms with Crippen LogP contribution in [0.3, 0.4) is 0 Å². The Morgan fingerprint density at radius 2 is 2.10 bits per heavy atom. The van der Waals surface area contributed by atoms with Gasteiger partial charge in [-0.2, -0.15) is 0 Å². The van der Waals surface area contributed by atoms with E-state index in [2.05, 4.69) is 23.6 Å². The SMILES string of the molecule is CC(C)c1nc(N2CCCN3CCCC3C2)sc1CN. The summed E-state index contributed by atoms with van der Waals surface area (Å²) in [7, 11) is 0. The fourth-order valence-corrected chi connectivity index (χ4v) is 4.59. The van der Waals surface area contributed by atoms with Gasteiger partial charge in [0.15, 0.2) is 5.13 Å². The largest absolute Gasteiger partial charge is 0.346 e. The van der Waals surface area contributed by atoms with Gasteiger partial charge >= 0.3 is 0 Å². The third-order valence-electron chi connectivity index (χ3n) is 4.52. The molecule has 3 heterocycles. The fourth-order valence-electron chi connectivity index (χ4n) is 3.46. The van der Waals surface area contributed by atoms with E-state index in [-0.39, 0.29) is 0 Å². The van der Waals surface area contributed by atoms with Crippen molar-refractivity contribution in [3.05, 3.63) is 10.6 Å². The Morgan fingerprint density at radius 3 is 2.80 bits per heavy atom. The highest BCUT2D eigenvalue weighted by Crippen LogP contribution is 2.32. The number of fused-ring (bicyclic) bond motifs is 1. The number of thiazole rings is 1. The molecule has 0 amide bonds. The first-order valence-corrected chi connectivity index (χ1v) is 8.69. The van der Waals surface area contributed by atoms with Crippen LogP contribution in [0.25, 0.3) is 0 Å². The average molecular weight is 294 g/mol. The van der Waals surface area contributed by atoms with Crippen LogP contribution in [0.1, 0.15) is 49.6 Å². The van der Waals surface area contributed by atoms with Crippen LogP contribution in [0.5, 0.6) is 0 Å². The van der Waals surface area contributed by atoms with Crippen LogP contribution in [-0.4, -0.2) is 42.1 Å². The molecule has 0 spiro atoms. The Kier molecular flexibility index (Phi) is 4.29. The summed E-state index contributed by atoms with van der Waals surface area (Å²) in [5.74, 6) is 0.466. The molecule has 0 saturated carbocycles. The van der Waals surface area contributed by atoms with Gasteiger partial charge < -0.3 is 10.6 Å². The summed E-state index contributed by atoms with van der Waals surface area (Å²) in [6.45, 7) is 9.87. The summed E-state index contributed by atoms with van der Waals surface area (Å²) >= 11 is 1.81. The van der Waals surface area contributed by atoms with Crippen molar-refractivity contribution in [3.63, 3.8) is 0 Å². The van der Waals surface area contributed by atoms with Gasteiger partial charge in [-0.25, -0.2) is 4.98 Å². The van der Waals surface area contributed by atoms with Crippen molar-refractivity contribution in [3.8, 4) is 0 Å². The van der Waals surface area contributed by atoms with E-state index in [9.17, 15) is 0 Å². The molecule has 5 heteroatoms. The second-order valence-electron chi connectivity index (χ2n) is 6.30. The van der Waals surface area contributed by atoms with Crippen molar-refractivity contribution in [2.24, 2.45) is 5.73 Å². The number of aromatic nitrogens is 1. The number of anilines is 1. The molecule has 20 heavy (non-hydrogen) atoms. The van der Waals surface area contributed by atoms with Crippen LogP contribution < -0.4 is 10.6 Å². The zero-order chi connectivity index (χ0) is 14.1. The molecule has 112 valence electrons. The minimum Gasteiger partial charge on any atom is -0.346 e. The first-order valence-electron chi connectivity index (χ1n) is 7.87. The van der Waals surface area contributed by atoms with Crippen LogP contribution >= 0.6 is 11.3 Å². The third kappa shape index (κ3) is 2.71. The van der Waals surface area contributed by atoms with Gasteiger partial charge in [0.1, 0.15) is 0 Å². The molecule has 2 saturated heterocycles. The number of hydrogen-bond donors (Lipinski definition) is 1. The molecule has 2 fully saturated rings. The first kappa shape index (κ1) is 14.3. The highest BCUT2D eigenvalue weighted by molar-refractivity contribution is 7.15. The van der Waals surface area contributed by atoms with Gasteiger partial charge in [-0.05, 0) is 31.7 Å². The Bertz CT molecular complexity index is 457. The van der Waals surface area contributed by atoms with E-state index in [4.69, 9.17) is 10.7 Å². The summed E-state index contributed by atoms with van der Waals surface area (Å²) in [5, 5.41) is 1.20. The summed E-state index contributed by atoms with van der Waals surface area (Å²) in [6.07, 6.45) is 3.97. The number of hydrogen-bond acceptors (Lipinski definition) is 5. The molecule has 2 aliphatic heterocycles. The smallest absolute Gasteiger partial charge is 0.185 e. The zero-order valence-electron chi connectivity index (χ0n) is 12.6. The van der Waals surface area contributed by atoms with Crippen molar-refractivity contribution in [1.82, 2.24) is 9.88 Å². The molecular weight excluding hydrogens is 268 g/mol. The van der Waals surface area contributed by atoms with Crippen molar-refractivity contribution in [2.45, 2.75) is 51.6 Å². The summed E-state index contributed by atoms with van der Waals surface area (Å²) in [4.78, 5) is 11.3. The molecule has 1 aromatic heterocycles. The van der Waals surface area contributed by atoms with E-state index < -0.39 is 0 Å². The Hall–Kier alpha value is -0.650. The summed E-state index contributed by atoms with van der Waals surface area (Å²) < 4.78 is 0. The van der Waals surface area contributed by atoms with E-state index in [1.54, 1.807) is 0 Å². The Labute approximate surface area is 126 Å². The molecule has 2 N–H and O–H groups in total. The summed E-state index contributed by atoms with van der Waals surface area (Å²) in [6, 6.07) is 0.741. The predicted molar refractivity (Wildman–Crippen MR) is 85.5 cm³/mol. The minimum atomic E-state index is 0.466. The molecule has 0 aromatic carbocycles. The van der Waals surface area contributed by atoms with Gasteiger partial charge in [0.25, 0.3) is 0 Å². The first-order chi connectivity index (χ1) is 9.69. The molecule has 3 rings (SSSR count). The number of nitrogens with zero attached hydrogens (tertiary/aromatic N) is 3. The lowest BCUT2D eigenvalue weighted by molar-refractivity contribution is 0.273. The lowest BCUT2D eigenvalue weighted by Gasteiger charge is -2.25. The normalized spacial score (nSPS) is 24.2. The highest BCUT2D eigenvalue weighted by Gasteiger charge is 2.30. The zero-order valence-corrected chi connectivity index (χ0v) is 13.5. The van der Waals surface area contributed by atoms with E-state index in [0.717, 1.165) is 19.1 Å². The Balaban J connectivity index is 1.81. The fraction of sp³-hybridized carbons (Fsp3) is 0.800. The molecule has 2 aliphatic rings. The van der Waals surface area contributed by atoms with Crippen LogP contribution in [-0.2, 0) is 6.54 Å². The molecule has 1 aromatic rings. The van der Waals surface area contributed by atoms with E-state index in [1.165, 1.54) is 48.1 Å².